The summed E-state index contributed by atoms with van der Waals surface area (Å²) >= 11 is 0. The lowest BCUT2D eigenvalue weighted by Gasteiger charge is -2.12. The molecule has 166 valence electrons. The van der Waals surface area contributed by atoms with E-state index in [1.807, 2.05) is 42.5 Å². The fourth-order valence-electron chi connectivity index (χ4n) is 3.67. The minimum atomic E-state index is -0.359. The van der Waals surface area contributed by atoms with Gasteiger partial charge in [-0.2, -0.15) is 0 Å². The van der Waals surface area contributed by atoms with Gasteiger partial charge in [-0.15, -0.1) is 0 Å². The van der Waals surface area contributed by atoms with E-state index in [-0.39, 0.29) is 17.9 Å². The van der Waals surface area contributed by atoms with E-state index in [9.17, 15) is 9.59 Å². The number of carbonyl (C=O) groups is 1. The molecule has 0 saturated heterocycles. The Labute approximate surface area is 190 Å². The minimum absolute atomic E-state index is 0.0473. The summed E-state index contributed by atoms with van der Waals surface area (Å²) in [6, 6.07) is 17.7. The van der Waals surface area contributed by atoms with Gasteiger partial charge in [-0.05, 0) is 36.0 Å². The molecule has 2 aromatic carbocycles. The first kappa shape index (κ1) is 23.3. The number of hydrogen-bond acceptors (Lipinski definition) is 3. The zero-order chi connectivity index (χ0) is 22.8. The van der Waals surface area contributed by atoms with Gasteiger partial charge in [0.1, 0.15) is 6.54 Å². The van der Waals surface area contributed by atoms with Crippen LogP contribution in [0.1, 0.15) is 38.2 Å². The molecule has 32 heavy (non-hydrogen) atoms. The van der Waals surface area contributed by atoms with Crippen molar-refractivity contribution in [3.05, 3.63) is 94.9 Å². The molecule has 0 amide bonds. The first-order valence-electron chi connectivity index (χ1n) is 11.2. The lowest BCUT2D eigenvalue weighted by atomic mass is 9.98. The summed E-state index contributed by atoms with van der Waals surface area (Å²) in [5.74, 6) is -0.359. The van der Waals surface area contributed by atoms with E-state index >= 15 is 0 Å². The maximum absolute atomic E-state index is 13.4. The molecule has 3 rings (SSSR count). The number of carbonyl (C=O) groups excluding carboxylic acids is 1. The zero-order valence-corrected chi connectivity index (χ0v) is 18.9. The van der Waals surface area contributed by atoms with Gasteiger partial charge in [-0.1, -0.05) is 86.5 Å². The standard InChI is InChI=1S/C28H31NO3/c1-3-4-5-6-7-9-13-22-14-12-17-24(18-22)26-20-29(21-27(30)32-2)19-25(28(26)31)23-15-10-8-11-16-23/h6-8,10-12,14-20H,3-5,9,13,21H2,1-2H3/b7-6+. The predicted molar refractivity (Wildman–Crippen MR) is 131 cm³/mol. The summed E-state index contributed by atoms with van der Waals surface area (Å²) in [7, 11) is 1.37. The summed E-state index contributed by atoms with van der Waals surface area (Å²) in [5, 5.41) is 0. The van der Waals surface area contributed by atoms with Crippen LogP contribution in [0, 0.1) is 0 Å². The smallest absolute Gasteiger partial charge is 0.325 e. The van der Waals surface area contributed by atoms with Crippen LogP contribution in [0.25, 0.3) is 22.3 Å². The van der Waals surface area contributed by atoms with Gasteiger partial charge >= 0.3 is 5.97 Å². The molecular weight excluding hydrogens is 398 g/mol. The molecule has 0 N–H and O–H groups in total. The molecular formula is C28H31NO3. The third-order valence-electron chi connectivity index (χ3n) is 5.43. The Bertz CT molecular complexity index is 1110. The molecule has 0 saturated carbocycles. The van der Waals surface area contributed by atoms with Gasteiger partial charge in [0.05, 0.1) is 7.11 Å². The highest BCUT2D eigenvalue weighted by Gasteiger charge is 2.13. The van der Waals surface area contributed by atoms with Gasteiger partial charge in [-0.25, -0.2) is 0 Å². The average molecular weight is 430 g/mol. The molecule has 0 unspecified atom stereocenters. The lowest BCUT2D eigenvalue weighted by molar-refractivity contribution is -0.141. The van der Waals surface area contributed by atoms with Crippen molar-refractivity contribution in [2.45, 2.75) is 45.6 Å². The monoisotopic (exact) mass is 429 g/mol. The van der Waals surface area contributed by atoms with E-state index in [2.05, 4.69) is 31.2 Å². The van der Waals surface area contributed by atoms with Crippen molar-refractivity contribution >= 4 is 5.97 Å². The van der Waals surface area contributed by atoms with Crippen LogP contribution in [0.2, 0.25) is 0 Å². The van der Waals surface area contributed by atoms with Crippen LogP contribution >= 0.6 is 0 Å². The molecule has 0 spiro atoms. The highest BCUT2D eigenvalue weighted by Crippen LogP contribution is 2.23. The van der Waals surface area contributed by atoms with E-state index < -0.39 is 0 Å². The normalized spacial score (nSPS) is 11.1. The zero-order valence-electron chi connectivity index (χ0n) is 18.9. The number of nitrogens with zero attached hydrogens (tertiary/aromatic N) is 1. The van der Waals surface area contributed by atoms with Gasteiger partial charge in [0.25, 0.3) is 0 Å². The van der Waals surface area contributed by atoms with E-state index in [0.29, 0.717) is 11.1 Å². The van der Waals surface area contributed by atoms with Gasteiger partial charge < -0.3 is 9.30 Å². The molecule has 0 bridgehead atoms. The van der Waals surface area contributed by atoms with E-state index in [1.54, 1.807) is 17.0 Å². The first-order chi connectivity index (χ1) is 15.6. The number of hydrogen-bond donors (Lipinski definition) is 0. The van der Waals surface area contributed by atoms with E-state index in [0.717, 1.165) is 30.4 Å². The van der Waals surface area contributed by atoms with Crippen molar-refractivity contribution in [3.63, 3.8) is 0 Å². The number of allylic oxidation sites excluding steroid dienone is 2. The van der Waals surface area contributed by atoms with Crippen molar-refractivity contribution in [2.24, 2.45) is 0 Å². The summed E-state index contributed by atoms with van der Waals surface area (Å²) in [4.78, 5) is 25.3. The maximum atomic E-state index is 13.4. The minimum Gasteiger partial charge on any atom is -0.468 e. The van der Waals surface area contributed by atoms with Crippen LogP contribution in [-0.4, -0.2) is 17.6 Å². The van der Waals surface area contributed by atoms with Crippen molar-refractivity contribution in [2.75, 3.05) is 7.11 Å². The Kier molecular flexibility index (Phi) is 8.61. The van der Waals surface area contributed by atoms with Crippen LogP contribution in [0.4, 0.5) is 0 Å². The number of esters is 1. The molecule has 0 aliphatic rings. The van der Waals surface area contributed by atoms with Gasteiger partial charge in [-0.3, -0.25) is 9.59 Å². The van der Waals surface area contributed by atoms with Gasteiger partial charge in [0, 0.05) is 23.5 Å². The molecule has 0 radical (unpaired) electrons. The molecule has 3 aromatic rings. The Morgan fingerprint density at radius 3 is 2.34 bits per heavy atom. The molecule has 4 nitrogen and oxygen atoms in total. The Morgan fingerprint density at radius 1 is 0.938 bits per heavy atom. The molecule has 0 aliphatic heterocycles. The fraction of sp³-hybridized carbons (Fsp3) is 0.286. The summed E-state index contributed by atoms with van der Waals surface area (Å²) in [6.07, 6.45) is 13.4. The molecule has 1 heterocycles. The summed E-state index contributed by atoms with van der Waals surface area (Å²) < 4.78 is 6.56. The van der Waals surface area contributed by atoms with Crippen molar-refractivity contribution in [1.82, 2.24) is 4.57 Å². The van der Waals surface area contributed by atoms with Crippen LogP contribution < -0.4 is 5.43 Å². The number of aryl methyl sites for hydroxylation is 1. The second-order valence-corrected chi connectivity index (χ2v) is 7.88. The second kappa shape index (κ2) is 11.8. The number of rotatable bonds is 10. The van der Waals surface area contributed by atoms with Crippen LogP contribution in [0.3, 0.4) is 0 Å². The third kappa shape index (κ3) is 6.30. The Hall–Kier alpha value is -3.40. The quantitative estimate of drug-likeness (QED) is 0.224. The summed E-state index contributed by atoms with van der Waals surface area (Å²) in [6.45, 7) is 2.25. The average Bonchev–Trinajstić information content (AvgIpc) is 2.83. The largest absolute Gasteiger partial charge is 0.468 e. The number of aromatic nitrogens is 1. The van der Waals surface area contributed by atoms with Crippen molar-refractivity contribution < 1.29 is 9.53 Å². The number of ether oxygens (including phenoxy) is 1. The molecule has 0 atom stereocenters. The van der Waals surface area contributed by atoms with Gasteiger partial charge in [0.15, 0.2) is 5.43 Å². The Balaban J connectivity index is 1.94. The molecule has 1 aromatic heterocycles. The Morgan fingerprint density at radius 2 is 1.62 bits per heavy atom. The molecule has 4 heteroatoms. The number of pyridine rings is 1. The maximum Gasteiger partial charge on any atom is 0.325 e. The van der Waals surface area contributed by atoms with Crippen molar-refractivity contribution in [1.29, 1.82) is 0 Å². The number of methoxy groups -OCH3 is 1. The first-order valence-corrected chi connectivity index (χ1v) is 11.2. The highest BCUT2D eigenvalue weighted by atomic mass is 16.5. The third-order valence-corrected chi connectivity index (χ3v) is 5.43. The van der Waals surface area contributed by atoms with E-state index in [4.69, 9.17) is 4.74 Å². The number of unbranched alkanes of at least 4 members (excludes halogenated alkanes) is 2. The highest BCUT2D eigenvalue weighted by molar-refractivity contribution is 5.74. The summed E-state index contributed by atoms with van der Waals surface area (Å²) in [5.41, 5.74) is 3.97. The lowest BCUT2D eigenvalue weighted by Crippen LogP contribution is -2.17. The van der Waals surface area contributed by atoms with Crippen LogP contribution in [-0.2, 0) is 22.5 Å². The number of benzene rings is 2. The van der Waals surface area contributed by atoms with E-state index in [1.165, 1.54) is 25.5 Å². The predicted octanol–water partition coefficient (Wildman–Crippen LogP) is 6.03. The molecule has 0 aliphatic carbocycles. The SMILES string of the molecule is CCCC/C=C/CCc1cccc(-c2cn(CC(=O)OC)cc(-c3ccccc3)c2=O)c1. The molecule has 0 fully saturated rings. The van der Waals surface area contributed by atoms with Gasteiger partial charge in [0.2, 0.25) is 0 Å². The van der Waals surface area contributed by atoms with Crippen molar-refractivity contribution in [3.8, 4) is 22.3 Å². The second-order valence-electron chi connectivity index (χ2n) is 7.88. The fourth-order valence-corrected chi connectivity index (χ4v) is 3.67. The topological polar surface area (TPSA) is 48.3 Å². The van der Waals surface area contributed by atoms with Crippen LogP contribution in [0.5, 0.6) is 0 Å². The van der Waals surface area contributed by atoms with Crippen LogP contribution in [0.15, 0.2) is 83.9 Å².